The molecule has 0 bridgehead atoms. The number of ether oxygens (including phenoxy) is 1. The first-order chi connectivity index (χ1) is 13.6. The van der Waals surface area contributed by atoms with Gasteiger partial charge in [-0.3, -0.25) is 25.8 Å². The molecule has 0 atom stereocenters. The second-order valence-corrected chi connectivity index (χ2v) is 6.46. The monoisotopic (exact) mass is 386 g/mol. The van der Waals surface area contributed by atoms with Gasteiger partial charge in [0.05, 0.1) is 12.0 Å². The number of nitrogens with one attached hydrogen (secondary N) is 3. The van der Waals surface area contributed by atoms with E-state index >= 15 is 0 Å². The van der Waals surface area contributed by atoms with Gasteiger partial charge in [-0.05, 0) is 37.1 Å². The summed E-state index contributed by atoms with van der Waals surface area (Å²) in [6.45, 7) is 0. The Balaban J connectivity index is 1.72. The van der Waals surface area contributed by atoms with Crippen LogP contribution in [0.1, 0.15) is 42.5 Å². The molecule has 1 aliphatic carbocycles. The van der Waals surface area contributed by atoms with Crippen molar-refractivity contribution in [2.75, 3.05) is 17.9 Å². The van der Waals surface area contributed by atoms with Gasteiger partial charge in [0.15, 0.2) is 0 Å². The third-order valence-electron chi connectivity index (χ3n) is 4.60. The Morgan fingerprint density at radius 3 is 2.46 bits per heavy atom. The van der Waals surface area contributed by atoms with Crippen LogP contribution in [0.25, 0.3) is 0 Å². The van der Waals surface area contributed by atoms with Crippen molar-refractivity contribution in [2.24, 2.45) is 0 Å². The first kappa shape index (κ1) is 19.3. The van der Waals surface area contributed by atoms with Gasteiger partial charge in [-0.25, -0.2) is 9.97 Å². The van der Waals surface area contributed by atoms with Crippen LogP contribution in [0.15, 0.2) is 30.6 Å². The summed E-state index contributed by atoms with van der Waals surface area (Å²) in [5.74, 6) is 0.222. The Hall–Kier alpha value is -3.43. The predicted octanol–water partition coefficient (Wildman–Crippen LogP) is 2.89. The normalized spacial score (nSPS) is 14.2. The van der Waals surface area contributed by atoms with Crippen molar-refractivity contribution in [1.29, 1.82) is 0 Å². The van der Waals surface area contributed by atoms with Crippen LogP contribution in [-0.2, 0) is 0 Å². The molecule has 1 aromatic carbocycles. The second kappa shape index (κ2) is 8.98. The van der Waals surface area contributed by atoms with E-state index in [9.17, 15) is 14.9 Å². The standard InChI is InChI=1S/C18H22N6O4/c1-28-14-9-7-12(8-10-14)18(25)23-22-17-15(24(26)27)16(19-11-20-17)21-13-5-3-2-4-6-13/h7-11,13H,2-6H2,1H3,(H,23,25)(H2,19,20,21,22). The van der Waals surface area contributed by atoms with E-state index < -0.39 is 10.8 Å². The molecule has 1 saturated carbocycles. The Labute approximate surface area is 161 Å². The van der Waals surface area contributed by atoms with Gasteiger partial charge < -0.3 is 10.1 Å². The molecule has 1 amide bonds. The molecule has 28 heavy (non-hydrogen) atoms. The van der Waals surface area contributed by atoms with Gasteiger partial charge in [0.25, 0.3) is 5.91 Å². The Morgan fingerprint density at radius 2 is 1.82 bits per heavy atom. The van der Waals surface area contributed by atoms with Crippen molar-refractivity contribution in [3.05, 3.63) is 46.3 Å². The molecular formula is C18H22N6O4. The van der Waals surface area contributed by atoms with Gasteiger partial charge in [-0.1, -0.05) is 19.3 Å². The lowest BCUT2D eigenvalue weighted by molar-refractivity contribution is -0.383. The first-order valence-corrected chi connectivity index (χ1v) is 9.05. The molecule has 0 aliphatic heterocycles. The number of hydrazine groups is 1. The number of amides is 1. The lowest BCUT2D eigenvalue weighted by Crippen LogP contribution is -2.30. The number of rotatable bonds is 7. The molecule has 0 radical (unpaired) electrons. The minimum atomic E-state index is -0.562. The van der Waals surface area contributed by atoms with E-state index in [2.05, 4.69) is 26.1 Å². The third-order valence-corrected chi connectivity index (χ3v) is 4.60. The fraction of sp³-hybridized carbons (Fsp3) is 0.389. The van der Waals surface area contributed by atoms with Crippen LogP contribution in [0.4, 0.5) is 17.3 Å². The average molecular weight is 386 g/mol. The van der Waals surface area contributed by atoms with Gasteiger partial charge in [-0.2, -0.15) is 0 Å². The number of carbonyl (C=O) groups is 1. The van der Waals surface area contributed by atoms with Gasteiger partial charge in [0, 0.05) is 11.6 Å². The van der Waals surface area contributed by atoms with Crippen LogP contribution >= 0.6 is 0 Å². The van der Waals surface area contributed by atoms with Crippen LogP contribution in [0, 0.1) is 10.1 Å². The van der Waals surface area contributed by atoms with Crippen molar-refractivity contribution < 1.29 is 14.5 Å². The molecule has 1 heterocycles. The average Bonchev–Trinajstić information content (AvgIpc) is 2.72. The van der Waals surface area contributed by atoms with Crippen molar-refractivity contribution in [3.63, 3.8) is 0 Å². The fourth-order valence-corrected chi connectivity index (χ4v) is 3.12. The lowest BCUT2D eigenvalue weighted by Gasteiger charge is -2.23. The lowest BCUT2D eigenvalue weighted by atomic mass is 9.95. The number of benzene rings is 1. The molecule has 1 aromatic heterocycles. The predicted molar refractivity (Wildman–Crippen MR) is 103 cm³/mol. The van der Waals surface area contributed by atoms with Gasteiger partial charge in [-0.15, -0.1) is 0 Å². The number of aromatic nitrogens is 2. The van der Waals surface area contributed by atoms with Crippen molar-refractivity contribution in [3.8, 4) is 5.75 Å². The molecule has 3 N–H and O–H groups in total. The van der Waals surface area contributed by atoms with E-state index in [-0.39, 0.29) is 23.4 Å². The largest absolute Gasteiger partial charge is 0.497 e. The summed E-state index contributed by atoms with van der Waals surface area (Å²) < 4.78 is 5.05. The molecule has 1 aliphatic rings. The molecule has 0 spiro atoms. The van der Waals surface area contributed by atoms with Crippen LogP contribution in [-0.4, -0.2) is 34.0 Å². The number of carbonyl (C=O) groups excluding carboxylic acids is 1. The molecule has 3 rings (SSSR count). The summed E-state index contributed by atoms with van der Waals surface area (Å²) >= 11 is 0. The second-order valence-electron chi connectivity index (χ2n) is 6.46. The maximum atomic E-state index is 12.3. The highest BCUT2D eigenvalue weighted by atomic mass is 16.6. The smallest absolute Gasteiger partial charge is 0.354 e. The van der Waals surface area contributed by atoms with E-state index in [1.165, 1.54) is 19.9 Å². The molecule has 0 saturated heterocycles. The topological polar surface area (TPSA) is 131 Å². The first-order valence-electron chi connectivity index (χ1n) is 9.05. The Kier molecular flexibility index (Phi) is 6.20. The highest BCUT2D eigenvalue weighted by Crippen LogP contribution is 2.31. The van der Waals surface area contributed by atoms with Gasteiger partial charge in [0.1, 0.15) is 12.1 Å². The zero-order valence-corrected chi connectivity index (χ0v) is 15.5. The molecule has 10 heteroatoms. The zero-order chi connectivity index (χ0) is 19.9. The summed E-state index contributed by atoms with van der Waals surface area (Å²) in [6, 6.07) is 6.60. The summed E-state index contributed by atoms with van der Waals surface area (Å²) in [5, 5.41) is 14.7. The molecule has 148 valence electrons. The summed E-state index contributed by atoms with van der Waals surface area (Å²) in [6.07, 6.45) is 6.45. The quantitative estimate of drug-likeness (QED) is 0.489. The van der Waals surface area contributed by atoms with Crippen molar-refractivity contribution in [2.45, 2.75) is 38.1 Å². The van der Waals surface area contributed by atoms with E-state index in [4.69, 9.17) is 4.74 Å². The van der Waals surface area contributed by atoms with E-state index in [0.717, 1.165) is 25.7 Å². The molecule has 10 nitrogen and oxygen atoms in total. The highest BCUT2D eigenvalue weighted by Gasteiger charge is 2.26. The number of methoxy groups -OCH3 is 1. The van der Waals surface area contributed by atoms with E-state index in [1.807, 2.05) is 0 Å². The maximum absolute atomic E-state index is 12.3. The Morgan fingerprint density at radius 1 is 1.14 bits per heavy atom. The summed E-state index contributed by atoms with van der Waals surface area (Å²) in [4.78, 5) is 31.2. The summed E-state index contributed by atoms with van der Waals surface area (Å²) in [5.41, 5.74) is 5.03. The van der Waals surface area contributed by atoms with Crippen LogP contribution in [0.5, 0.6) is 5.75 Å². The van der Waals surface area contributed by atoms with Crippen molar-refractivity contribution >= 4 is 23.2 Å². The van der Waals surface area contributed by atoms with Crippen LogP contribution in [0.3, 0.4) is 0 Å². The minimum absolute atomic E-state index is 0.0832. The van der Waals surface area contributed by atoms with Gasteiger partial charge >= 0.3 is 5.69 Å². The van der Waals surface area contributed by atoms with E-state index in [1.54, 1.807) is 24.3 Å². The number of nitrogens with zero attached hydrogens (tertiary/aromatic N) is 3. The number of hydrogen-bond donors (Lipinski definition) is 3. The number of hydrogen-bond acceptors (Lipinski definition) is 8. The third kappa shape index (κ3) is 4.64. The van der Waals surface area contributed by atoms with Crippen LogP contribution < -0.4 is 20.9 Å². The molecular weight excluding hydrogens is 364 g/mol. The summed E-state index contributed by atoms with van der Waals surface area (Å²) in [7, 11) is 1.53. The minimum Gasteiger partial charge on any atom is -0.497 e. The Bertz CT molecular complexity index is 836. The fourth-order valence-electron chi connectivity index (χ4n) is 3.12. The van der Waals surface area contributed by atoms with E-state index in [0.29, 0.717) is 11.3 Å². The maximum Gasteiger partial charge on any atom is 0.354 e. The van der Waals surface area contributed by atoms with Crippen LogP contribution in [0.2, 0.25) is 0 Å². The number of anilines is 2. The molecule has 2 aromatic rings. The molecule has 0 unspecified atom stereocenters. The SMILES string of the molecule is COc1ccc(C(=O)NNc2ncnc(NC3CCCCC3)c2[N+](=O)[O-])cc1. The van der Waals surface area contributed by atoms with Gasteiger partial charge in [0.2, 0.25) is 11.6 Å². The number of nitro groups is 1. The highest BCUT2D eigenvalue weighted by molar-refractivity contribution is 5.95. The molecule has 1 fully saturated rings. The zero-order valence-electron chi connectivity index (χ0n) is 15.5. The van der Waals surface area contributed by atoms with Crippen molar-refractivity contribution in [1.82, 2.24) is 15.4 Å².